The van der Waals surface area contributed by atoms with Crippen LogP contribution in [0.15, 0.2) is 0 Å². The van der Waals surface area contributed by atoms with Crippen LogP contribution in [-0.4, -0.2) is 19.9 Å². The molecule has 1 aliphatic rings. The normalized spacial score (nSPS) is 13.9. The zero-order chi connectivity index (χ0) is 26.4. The third-order valence-corrected chi connectivity index (χ3v) is 9.25. The Hall–Kier alpha value is -3.40. The van der Waals surface area contributed by atoms with Crippen molar-refractivity contribution in [3.63, 3.8) is 0 Å². The van der Waals surface area contributed by atoms with Gasteiger partial charge in [-0.05, 0) is 150 Å². The first-order chi connectivity index (χ1) is 16.9. The van der Waals surface area contributed by atoms with E-state index in [1.807, 2.05) is 0 Å². The van der Waals surface area contributed by atoms with Crippen LogP contribution in [-0.2, 0) is 0 Å². The number of H-pyrrole nitrogens is 4. The van der Waals surface area contributed by atoms with Gasteiger partial charge in [-0.15, -0.1) is 0 Å². The SMILES string of the molecule is CC1=c2[nH]c(c(C)c2C)=C(C)c2[nH]c(c(C)c2C)C(C)=c2[nH]c(c(C)c2C)=C(C)c2[nH]c1c(C)c2C. The molecule has 4 N–H and O–H groups in total. The first-order valence-electron chi connectivity index (χ1n) is 13.0. The fraction of sp³-hybridized carbons (Fsp3) is 0.375. The number of rotatable bonds is 0. The lowest BCUT2D eigenvalue weighted by Gasteiger charge is -2.02. The summed E-state index contributed by atoms with van der Waals surface area (Å²) < 4.78 is 0. The lowest BCUT2D eigenvalue weighted by atomic mass is 10.0. The van der Waals surface area contributed by atoms with Gasteiger partial charge in [0.25, 0.3) is 0 Å². The van der Waals surface area contributed by atoms with E-state index in [9.17, 15) is 0 Å². The molecule has 0 saturated carbocycles. The van der Waals surface area contributed by atoms with Crippen LogP contribution >= 0.6 is 0 Å². The summed E-state index contributed by atoms with van der Waals surface area (Å²) in [6, 6.07) is 0. The van der Waals surface area contributed by atoms with Gasteiger partial charge in [-0.1, -0.05) is 0 Å². The second kappa shape index (κ2) is 8.06. The van der Waals surface area contributed by atoms with E-state index in [4.69, 9.17) is 0 Å². The van der Waals surface area contributed by atoms with Crippen LogP contribution in [0.25, 0.3) is 22.3 Å². The third kappa shape index (κ3) is 3.13. The molecule has 8 bridgehead atoms. The summed E-state index contributed by atoms with van der Waals surface area (Å²) in [5.41, 5.74) is 20.3. The molecule has 0 unspecified atom stereocenters. The lowest BCUT2D eigenvalue weighted by molar-refractivity contribution is 1.16. The van der Waals surface area contributed by atoms with Gasteiger partial charge >= 0.3 is 0 Å². The molecule has 4 aromatic rings. The van der Waals surface area contributed by atoms with Crippen LogP contribution in [0, 0.1) is 55.4 Å². The minimum Gasteiger partial charge on any atom is -0.355 e. The van der Waals surface area contributed by atoms with Gasteiger partial charge in [0.1, 0.15) is 0 Å². The van der Waals surface area contributed by atoms with Gasteiger partial charge in [0, 0.05) is 44.2 Å². The van der Waals surface area contributed by atoms with E-state index < -0.39 is 0 Å². The number of aromatic amines is 4. The van der Waals surface area contributed by atoms with Gasteiger partial charge in [-0.3, -0.25) is 0 Å². The van der Waals surface area contributed by atoms with E-state index in [1.165, 1.54) is 111 Å². The van der Waals surface area contributed by atoms with Crippen LogP contribution < -0.4 is 21.4 Å². The maximum absolute atomic E-state index is 3.83. The van der Waals surface area contributed by atoms with Crippen LogP contribution in [0.3, 0.4) is 0 Å². The molecule has 0 aromatic carbocycles. The molecule has 1 aliphatic heterocycles. The molecule has 5 rings (SSSR count). The molecule has 0 fully saturated rings. The largest absolute Gasteiger partial charge is 0.355 e. The Labute approximate surface area is 214 Å². The van der Waals surface area contributed by atoms with E-state index in [0.29, 0.717) is 0 Å². The number of fused-ring (bicyclic) bond motifs is 8. The van der Waals surface area contributed by atoms with Crippen molar-refractivity contribution in [3.8, 4) is 0 Å². The fourth-order valence-electron chi connectivity index (χ4n) is 6.25. The van der Waals surface area contributed by atoms with Crippen LogP contribution in [0.1, 0.15) is 95.0 Å². The highest BCUT2D eigenvalue weighted by atomic mass is 14.8. The Morgan fingerprint density at radius 3 is 0.639 bits per heavy atom. The number of hydrogen-bond acceptors (Lipinski definition) is 0. The van der Waals surface area contributed by atoms with Gasteiger partial charge in [0.05, 0.1) is 0 Å². The minimum absolute atomic E-state index is 1.21. The molecule has 4 nitrogen and oxygen atoms in total. The molecule has 5 heterocycles. The Morgan fingerprint density at radius 2 is 0.444 bits per heavy atom. The highest BCUT2D eigenvalue weighted by Gasteiger charge is 2.20. The molecule has 0 radical (unpaired) electrons. The monoisotopic (exact) mass is 480 g/mol. The molecular formula is C32H40N4. The Morgan fingerprint density at radius 1 is 0.250 bits per heavy atom. The molecule has 4 heteroatoms. The first kappa shape index (κ1) is 24.3. The van der Waals surface area contributed by atoms with Crippen molar-refractivity contribution in [2.75, 3.05) is 0 Å². The van der Waals surface area contributed by atoms with E-state index in [0.717, 1.165) is 0 Å². The maximum atomic E-state index is 3.83. The summed E-state index contributed by atoms with van der Waals surface area (Å²) in [5.74, 6) is 0. The van der Waals surface area contributed by atoms with Crippen molar-refractivity contribution in [2.45, 2.75) is 83.1 Å². The molecule has 4 aromatic heterocycles. The molecule has 36 heavy (non-hydrogen) atoms. The van der Waals surface area contributed by atoms with Gasteiger partial charge in [-0.2, -0.15) is 0 Å². The summed E-state index contributed by atoms with van der Waals surface area (Å²) >= 11 is 0. The molecule has 0 spiro atoms. The standard InChI is InChI=1S/C32H40N4/c1-13-14(2)26-22(10)28-17(5)18(6)30(35-28)24(12)32-20(8)19(7)31(36-32)23(11)29-16(4)15(3)27(34-29)21(9)25(13)33-26/h33-36H,1-12H3. The number of nitrogens with one attached hydrogen (secondary N) is 4. The minimum atomic E-state index is 1.21. The maximum Gasteiger partial charge on any atom is 0.0468 e. The first-order valence-corrected chi connectivity index (χ1v) is 13.0. The average molecular weight is 481 g/mol. The van der Waals surface area contributed by atoms with Gasteiger partial charge < -0.3 is 19.9 Å². The molecule has 0 aliphatic carbocycles. The highest BCUT2D eigenvalue weighted by molar-refractivity contribution is 5.75. The smallest absolute Gasteiger partial charge is 0.0468 e. The summed E-state index contributed by atoms with van der Waals surface area (Å²) in [7, 11) is 0. The molecule has 0 saturated heterocycles. The number of aromatic nitrogens is 4. The van der Waals surface area contributed by atoms with E-state index >= 15 is 0 Å². The van der Waals surface area contributed by atoms with E-state index in [1.54, 1.807) is 0 Å². The van der Waals surface area contributed by atoms with Crippen LogP contribution in [0.4, 0.5) is 0 Å². The van der Waals surface area contributed by atoms with Crippen molar-refractivity contribution >= 4 is 22.3 Å². The summed E-state index contributed by atoms with van der Waals surface area (Å²) in [6.07, 6.45) is 0. The Bertz CT molecular complexity index is 1570. The second-order valence-corrected chi connectivity index (χ2v) is 11.0. The van der Waals surface area contributed by atoms with Crippen molar-refractivity contribution in [2.24, 2.45) is 0 Å². The molecule has 188 valence electrons. The van der Waals surface area contributed by atoms with Crippen LogP contribution in [0.5, 0.6) is 0 Å². The van der Waals surface area contributed by atoms with Crippen molar-refractivity contribution < 1.29 is 0 Å². The van der Waals surface area contributed by atoms with Gasteiger partial charge in [0.15, 0.2) is 0 Å². The van der Waals surface area contributed by atoms with Crippen molar-refractivity contribution in [1.29, 1.82) is 0 Å². The zero-order valence-corrected chi connectivity index (χ0v) is 24.0. The molecule has 0 atom stereocenters. The van der Waals surface area contributed by atoms with Gasteiger partial charge in [-0.25, -0.2) is 0 Å². The highest BCUT2D eigenvalue weighted by Crippen LogP contribution is 2.28. The lowest BCUT2D eigenvalue weighted by Crippen LogP contribution is -2.18. The quantitative estimate of drug-likeness (QED) is 0.283. The third-order valence-electron chi connectivity index (χ3n) is 9.25. The Balaban J connectivity index is 2.09. The zero-order valence-electron chi connectivity index (χ0n) is 24.0. The predicted molar refractivity (Wildman–Crippen MR) is 152 cm³/mol. The summed E-state index contributed by atoms with van der Waals surface area (Å²) in [6.45, 7) is 26.8. The number of hydrogen-bond donors (Lipinski definition) is 4. The predicted octanol–water partition coefficient (Wildman–Crippen LogP) is 4.66. The van der Waals surface area contributed by atoms with E-state index in [2.05, 4.69) is 103 Å². The average Bonchev–Trinajstić information content (AvgIpc) is 3.52. The fourth-order valence-corrected chi connectivity index (χ4v) is 6.25. The van der Waals surface area contributed by atoms with Crippen LogP contribution in [0.2, 0.25) is 0 Å². The molecule has 0 amide bonds. The topological polar surface area (TPSA) is 63.2 Å². The van der Waals surface area contributed by atoms with Crippen molar-refractivity contribution in [1.82, 2.24) is 19.9 Å². The Kier molecular flexibility index (Phi) is 5.44. The second-order valence-electron chi connectivity index (χ2n) is 11.0. The summed E-state index contributed by atoms with van der Waals surface area (Å²) in [4.78, 5) is 15.3. The van der Waals surface area contributed by atoms with Crippen molar-refractivity contribution in [3.05, 3.63) is 88.7 Å². The van der Waals surface area contributed by atoms with E-state index in [-0.39, 0.29) is 0 Å². The molecular weight excluding hydrogens is 440 g/mol. The summed E-state index contributed by atoms with van der Waals surface area (Å²) in [5, 5.41) is 4.84. The van der Waals surface area contributed by atoms with Gasteiger partial charge in [0.2, 0.25) is 0 Å².